The van der Waals surface area contributed by atoms with Crippen molar-refractivity contribution in [2.75, 3.05) is 0 Å². The molecule has 404 valence electrons. The van der Waals surface area contributed by atoms with Gasteiger partial charge in [0.05, 0.1) is 22.8 Å². The topological polar surface area (TPSA) is 77.8 Å². The van der Waals surface area contributed by atoms with Crippen LogP contribution in [0.25, 0.3) is 156 Å². The molecule has 0 spiro atoms. The number of aromatic nitrogens is 4. The first-order valence-corrected chi connectivity index (χ1v) is 28.8. The van der Waals surface area contributed by atoms with E-state index in [1.165, 1.54) is 5.56 Å². The number of benzene rings is 12. The van der Waals surface area contributed by atoms with Gasteiger partial charge in [0.1, 0.15) is 22.3 Å². The van der Waals surface area contributed by atoms with Crippen molar-refractivity contribution >= 4 is 43.9 Å². The average Bonchev–Trinajstić information content (AvgIpc) is 3.41. The summed E-state index contributed by atoms with van der Waals surface area (Å²) in [5, 5.41) is 4.56. The molecule has 12 aromatic carbocycles. The van der Waals surface area contributed by atoms with E-state index >= 15 is 0 Å². The number of hydrogen-bond donors (Lipinski definition) is 0. The zero-order chi connectivity index (χ0) is 57.2. The van der Waals surface area contributed by atoms with E-state index in [1.54, 1.807) is 0 Å². The maximum absolute atomic E-state index is 6.32. The zero-order valence-corrected chi connectivity index (χ0v) is 46.6. The van der Waals surface area contributed by atoms with Crippen molar-refractivity contribution < 1.29 is 8.83 Å². The summed E-state index contributed by atoms with van der Waals surface area (Å²) in [5.41, 5.74) is 22.6. The van der Waals surface area contributed by atoms with Crippen molar-refractivity contribution in [1.82, 2.24) is 19.9 Å². The Morgan fingerprint density at radius 2 is 0.535 bits per heavy atom. The van der Waals surface area contributed by atoms with E-state index in [1.807, 2.05) is 103 Å². The van der Waals surface area contributed by atoms with E-state index in [0.29, 0.717) is 11.6 Å². The smallest absolute Gasteiger partial charge is 0.160 e. The summed E-state index contributed by atoms with van der Waals surface area (Å²) in [6.45, 7) is 0. The molecule has 0 atom stereocenters. The van der Waals surface area contributed by atoms with Crippen LogP contribution in [0.3, 0.4) is 0 Å². The predicted molar refractivity (Wildman–Crippen MR) is 353 cm³/mol. The molecule has 16 aromatic rings. The second-order valence-corrected chi connectivity index (χ2v) is 21.3. The Morgan fingerprint density at radius 3 is 1.02 bits per heavy atom. The number of rotatable bonds is 10. The highest BCUT2D eigenvalue weighted by Crippen LogP contribution is 2.40. The van der Waals surface area contributed by atoms with Crippen LogP contribution in [-0.4, -0.2) is 19.9 Å². The van der Waals surface area contributed by atoms with Gasteiger partial charge in [0.2, 0.25) is 0 Å². The van der Waals surface area contributed by atoms with Gasteiger partial charge in [-0.3, -0.25) is 0 Å². The third kappa shape index (κ3) is 10.2. The molecule has 0 unspecified atom stereocenters. The number of nitrogens with zero attached hydrogens (tertiary/aromatic N) is 4. The van der Waals surface area contributed by atoms with Gasteiger partial charge in [0, 0.05) is 60.5 Å². The molecule has 4 heterocycles. The number of fused-ring (bicyclic) bond motifs is 6. The number of hydrogen-bond acceptors (Lipinski definition) is 6. The Morgan fingerprint density at radius 1 is 0.198 bits per heavy atom. The highest BCUT2D eigenvalue weighted by Gasteiger charge is 2.17. The molecule has 0 bridgehead atoms. The van der Waals surface area contributed by atoms with E-state index in [0.717, 1.165) is 139 Å². The van der Waals surface area contributed by atoms with Crippen LogP contribution in [0.5, 0.6) is 0 Å². The third-order valence-electron chi connectivity index (χ3n) is 15.8. The minimum absolute atomic E-state index is 0.706. The summed E-state index contributed by atoms with van der Waals surface area (Å²) in [4.78, 5) is 19.9. The lowest BCUT2D eigenvalue weighted by molar-refractivity contribution is 0.669. The first kappa shape index (κ1) is 51.3. The molecule has 0 aliphatic carbocycles. The third-order valence-corrected chi connectivity index (χ3v) is 15.8. The molecule has 0 N–H and O–H groups in total. The molecule has 0 saturated heterocycles. The molecule has 4 aromatic heterocycles. The Balaban J connectivity index is 0.000000145. The minimum Gasteiger partial charge on any atom is -0.456 e. The number of furan rings is 2. The first-order chi connectivity index (χ1) is 42.6. The Kier molecular flexibility index (Phi) is 13.5. The van der Waals surface area contributed by atoms with Gasteiger partial charge in [-0.1, -0.05) is 273 Å². The molecular formula is C80H52N4O2. The quantitative estimate of drug-likeness (QED) is 0.136. The van der Waals surface area contributed by atoms with Crippen LogP contribution in [0, 0.1) is 0 Å². The van der Waals surface area contributed by atoms with E-state index in [2.05, 4.69) is 212 Å². The highest BCUT2D eigenvalue weighted by molar-refractivity contribution is 6.13. The van der Waals surface area contributed by atoms with Gasteiger partial charge in [0.25, 0.3) is 0 Å². The number of para-hydroxylation sites is 3. The van der Waals surface area contributed by atoms with Crippen LogP contribution < -0.4 is 0 Å². The van der Waals surface area contributed by atoms with Gasteiger partial charge in [0.15, 0.2) is 11.6 Å². The predicted octanol–water partition coefficient (Wildman–Crippen LogP) is 21.4. The van der Waals surface area contributed by atoms with Crippen LogP contribution in [0.1, 0.15) is 0 Å². The summed E-state index contributed by atoms with van der Waals surface area (Å²) >= 11 is 0. The molecule has 0 amide bonds. The standard InChI is InChI=1S/2C40H26N2O/c1-3-11-28(12-4-1)36-26-37(29-13-5-2-6-14-29)42-40(41-36)30-23-21-27(22-24-30)31-15-9-16-32(25-31)33-18-10-19-35-34-17-7-8-20-38(34)43-39(33)35;1-3-11-28(12-4-1)35-26-36(29-13-5-2-6-14-29)42-40(41-35)30-23-21-27(22-24-30)31-15-9-16-32(25-31)33-18-10-20-38-39(33)34-17-7-8-19-37(34)43-38/h2*1-26H. The minimum atomic E-state index is 0.706. The van der Waals surface area contributed by atoms with Gasteiger partial charge in [-0.05, 0) is 81.4 Å². The van der Waals surface area contributed by atoms with Crippen LogP contribution in [0.2, 0.25) is 0 Å². The van der Waals surface area contributed by atoms with Gasteiger partial charge in [-0.15, -0.1) is 0 Å². The summed E-state index contributed by atoms with van der Waals surface area (Å²) in [7, 11) is 0. The van der Waals surface area contributed by atoms with Crippen molar-refractivity contribution in [3.05, 3.63) is 315 Å². The van der Waals surface area contributed by atoms with Crippen molar-refractivity contribution in [1.29, 1.82) is 0 Å². The highest BCUT2D eigenvalue weighted by atomic mass is 16.3. The summed E-state index contributed by atoms with van der Waals surface area (Å²) in [6.07, 6.45) is 0. The van der Waals surface area contributed by atoms with Crippen molar-refractivity contribution in [2.24, 2.45) is 0 Å². The first-order valence-electron chi connectivity index (χ1n) is 28.8. The lowest BCUT2D eigenvalue weighted by atomic mass is 9.95. The lowest BCUT2D eigenvalue weighted by Gasteiger charge is -2.11. The molecule has 6 nitrogen and oxygen atoms in total. The zero-order valence-electron chi connectivity index (χ0n) is 46.6. The average molecular weight is 1100 g/mol. The van der Waals surface area contributed by atoms with Gasteiger partial charge in [-0.25, -0.2) is 19.9 Å². The van der Waals surface area contributed by atoms with E-state index in [-0.39, 0.29) is 0 Å². The fraction of sp³-hybridized carbons (Fsp3) is 0. The largest absolute Gasteiger partial charge is 0.456 e. The fourth-order valence-corrected chi connectivity index (χ4v) is 11.5. The van der Waals surface area contributed by atoms with Gasteiger partial charge >= 0.3 is 0 Å². The molecule has 0 saturated carbocycles. The second-order valence-electron chi connectivity index (χ2n) is 21.3. The second kappa shape index (κ2) is 22.6. The Hall–Kier alpha value is -11.6. The van der Waals surface area contributed by atoms with E-state index < -0.39 is 0 Å². The molecule has 0 aliphatic heterocycles. The van der Waals surface area contributed by atoms with Gasteiger partial charge in [-0.2, -0.15) is 0 Å². The van der Waals surface area contributed by atoms with Crippen molar-refractivity contribution in [3.8, 4) is 112 Å². The van der Waals surface area contributed by atoms with Crippen molar-refractivity contribution in [3.63, 3.8) is 0 Å². The molecule has 86 heavy (non-hydrogen) atoms. The molecule has 0 radical (unpaired) electrons. The Labute approximate surface area is 497 Å². The SMILES string of the molecule is c1ccc(-c2cc(-c3ccccc3)nc(-c3ccc(-c4cccc(-c5cccc6c5oc5ccccc56)c4)cc3)n2)cc1.c1ccc(-c2cc(-c3ccccc3)nc(-c3ccc(-c4cccc(-c5cccc6oc7ccccc7c56)c4)cc3)n2)cc1. The fourth-order valence-electron chi connectivity index (χ4n) is 11.5. The van der Waals surface area contributed by atoms with Crippen LogP contribution in [0.4, 0.5) is 0 Å². The van der Waals surface area contributed by atoms with Crippen LogP contribution in [-0.2, 0) is 0 Å². The summed E-state index contributed by atoms with van der Waals surface area (Å²) in [6, 6.07) is 109. The van der Waals surface area contributed by atoms with Crippen molar-refractivity contribution in [2.45, 2.75) is 0 Å². The summed E-state index contributed by atoms with van der Waals surface area (Å²) < 4.78 is 12.5. The summed E-state index contributed by atoms with van der Waals surface area (Å²) in [5.74, 6) is 1.41. The maximum Gasteiger partial charge on any atom is 0.160 e. The molecule has 16 rings (SSSR count). The van der Waals surface area contributed by atoms with Gasteiger partial charge < -0.3 is 8.83 Å². The normalized spacial score (nSPS) is 11.3. The monoisotopic (exact) mass is 1100 g/mol. The van der Waals surface area contributed by atoms with E-state index in [9.17, 15) is 0 Å². The van der Waals surface area contributed by atoms with Crippen LogP contribution in [0.15, 0.2) is 324 Å². The van der Waals surface area contributed by atoms with E-state index in [4.69, 9.17) is 28.8 Å². The molecule has 0 aliphatic rings. The lowest BCUT2D eigenvalue weighted by Crippen LogP contribution is -1.95. The molecular weight excluding hydrogens is 1050 g/mol. The van der Waals surface area contributed by atoms with Crippen LogP contribution >= 0.6 is 0 Å². The Bertz CT molecular complexity index is 4960. The molecule has 0 fully saturated rings. The molecule has 6 heteroatoms. The maximum atomic E-state index is 6.32.